The predicted molar refractivity (Wildman–Crippen MR) is 145 cm³/mol. The molecule has 2 unspecified atom stereocenters. The van der Waals surface area contributed by atoms with Crippen LogP contribution in [0.1, 0.15) is 43.4 Å². The molecule has 4 aromatic carbocycles. The third-order valence-electron chi connectivity index (χ3n) is 7.56. The van der Waals surface area contributed by atoms with Crippen LogP contribution in [0, 0.1) is 0 Å². The van der Waals surface area contributed by atoms with Crippen molar-refractivity contribution in [1.82, 2.24) is 0 Å². The van der Waals surface area contributed by atoms with Gasteiger partial charge in [-0.2, -0.15) is 0 Å². The van der Waals surface area contributed by atoms with E-state index in [4.69, 9.17) is 0 Å². The Kier molecular flexibility index (Phi) is 8.74. The summed E-state index contributed by atoms with van der Waals surface area (Å²) in [6.07, 6.45) is 4.98. The Bertz CT molecular complexity index is 1290. The minimum atomic E-state index is -2.33. The van der Waals surface area contributed by atoms with Gasteiger partial charge in [-0.25, -0.2) is 0 Å². The van der Waals surface area contributed by atoms with Crippen LogP contribution < -0.4 is 35.2 Å². The van der Waals surface area contributed by atoms with E-state index < -0.39 is 26.8 Å². The van der Waals surface area contributed by atoms with Crippen molar-refractivity contribution in [3.05, 3.63) is 143 Å². The summed E-state index contributed by atoms with van der Waals surface area (Å²) >= 11 is -2.33. The van der Waals surface area contributed by atoms with Crippen molar-refractivity contribution in [3.8, 4) is 0 Å². The molecule has 2 aliphatic rings. The number of rotatable bonds is 5. The second kappa shape index (κ2) is 11.6. The van der Waals surface area contributed by atoms with Crippen molar-refractivity contribution in [2.45, 2.75) is 21.1 Å². The molecule has 0 radical (unpaired) electrons. The van der Waals surface area contributed by atoms with E-state index >= 15 is 0 Å². The van der Waals surface area contributed by atoms with E-state index in [1.54, 1.807) is 32.6 Å². The van der Waals surface area contributed by atoms with Gasteiger partial charge in [0.2, 0.25) is 0 Å². The summed E-state index contributed by atoms with van der Waals surface area (Å²) in [5.41, 5.74) is 9.27. The quantitative estimate of drug-likeness (QED) is 0.291. The molecule has 2 aliphatic carbocycles. The molecule has 0 aromatic heterocycles. The molecule has 4 heteroatoms. The molecule has 0 aliphatic heterocycles. The van der Waals surface area contributed by atoms with Gasteiger partial charge in [-0.15, -0.1) is 0 Å². The molecule has 179 valence electrons. The van der Waals surface area contributed by atoms with E-state index in [9.17, 15) is 0 Å². The Labute approximate surface area is 236 Å². The van der Waals surface area contributed by atoms with Gasteiger partial charge in [0.1, 0.15) is 0 Å². The average Bonchev–Trinajstić information content (AvgIpc) is 3.39. The van der Waals surface area contributed by atoms with Gasteiger partial charge in [0.15, 0.2) is 0 Å². The molecular formula is C32H29Cl2SiZr. The second-order valence-electron chi connectivity index (χ2n) is 9.65. The fraction of sp³-hybridized carbons (Fsp3) is 0.125. The van der Waals surface area contributed by atoms with Crippen LogP contribution in [0.15, 0.2) is 120 Å². The first-order valence-corrected chi connectivity index (χ1v) is 21.1. The standard InChI is InChI=1S/C12H11Si.2C10H9.2ClH.Zr/c1-3-7-11(8-4-1)13-12-9-5-2-6-10-12;2*1-8-6-9-4-2-3-5-10(9)7-8;;;/h1-10,13H;2*2-7H,1H3;2*1H;/q;;;;;+2/p-2. The molecule has 6 rings (SSSR count). The second-order valence-corrected chi connectivity index (χ2v) is 25.4. The summed E-state index contributed by atoms with van der Waals surface area (Å²) in [4.78, 5) is 0. The summed E-state index contributed by atoms with van der Waals surface area (Å²) < 4.78 is 1.24. The normalized spacial score (nSPS) is 17.3. The van der Waals surface area contributed by atoms with Gasteiger partial charge in [0, 0.05) is 0 Å². The first-order chi connectivity index (χ1) is 16.7. The third-order valence-corrected chi connectivity index (χ3v) is 31.1. The summed E-state index contributed by atoms with van der Waals surface area (Å²) in [6, 6.07) is 41.5. The summed E-state index contributed by atoms with van der Waals surface area (Å²) in [6.45, 7) is 4.82. The fourth-order valence-corrected chi connectivity index (χ4v) is 34.8. The fourth-order valence-electron chi connectivity index (χ4n) is 6.21. The average molecular weight is 604 g/mol. The smallest absolute Gasteiger partial charge is 1.00 e. The number of fused-ring (bicyclic) bond motifs is 2. The van der Waals surface area contributed by atoms with Gasteiger partial charge in [0.05, 0.1) is 0 Å². The van der Waals surface area contributed by atoms with Gasteiger partial charge >= 0.3 is 213 Å². The molecule has 36 heavy (non-hydrogen) atoms. The maximum Gasteiger partial charge on any atom is -1.00 e. The Morgan fingerprint density at radius 2 is 0.861 bits per heavy atom. The van der Waals surface area contributed by atoms with Crippen LogP contribution in [0.4, 0.5) is 0 Å². The van der Waals surface area contributed by atoms with Crippen molar-refractivity contribution in [2.75, 3.05) is 0 Å². The molecule has 0 fully saturated rings. The van der Waals surface area contributed by atoms with Crippen LogP contribution in [0.25, 0.3) is 12.2 Å². The predicted octanol–water partition coefficient (Wildman–Crippen LogP) is 0.467. The maximum atomic E-state index is 2.49. The van der Waals surface area contributed by atoms with Crippen LogP contribution >= 0.6 is 0 Å². The molecular weight excluding hydrogens is 575 g/mol. The van der Waals surface area contributed by atoms with Gasteiger partial charge in [-0.05, 0) is 0 Å². The number of halogens is 2. The van der Waals surface area contributed by atoms with Crippen LogP contribution in [0.3, 0.4) is 0 Å². The molecule has 0 N–H and O–H groups in total. The Hall–Kier alpha value is -1.96. The van der Waals surface area contributed by atoms with E-state index in [1.165, 1.54) is 11.1 Å². The minimum absolute atomic E-state index is 0. The van der Waals surface area contributed by atoms with Gasteiger partial charge in [0.25, 0.3) is 0 Å². The van der Waals surface area contributed by atoms with E-state index in [0.29, 0.717) is 7.25 Å². The van der Waals surface area contributed by atoms with Crippen LogP contribution in [0.5, 0.6) is 0 Å². The summed E-state index contributed by atoms with van der Waals surface area (Å²) in [5.74, 6) is -1.45. The van der Waals surface area contributed by atoms with Crippen molar-refractivity contribution in [3.63, 3.8) is 0 Å². The van der Waals surface area contributed by atoms with E-state index in [-0.39, 0.29) is 24.8 Å². The van der Waals surface area contributed by atoms with Gasteiger partial charge < -0.3 is 24.8 Å². The van der Waals surface area contributed by atoms with E-state index in [0.717, 1.165) is 0 Å². The van der Waals surface area contributed by atoms with Crippen molar-refractivity contribution in [2.24, 2.45) is 0 Å². The summed E-state index contributed by atoms with van der Waals surface area (Å²) in [7, 11) is 0. The molecule has 0 spiro atoms. The summed E-state index contributed by atoms with van der Waals surface area (Å²) in [5, 5.41) is 3.25. The van der Waals surface area contributed by atoms with Crippen LogP contribution in [-0.4, -0.2) is 5.92 Å². The largest absolute Gasteiger partial charge is 1.00 e. The molecule has 2 atom stereocenters. The first kappa shape index (κ1) is 27.1. The molecule has 0 saturated carbocycles. The Balaban J connectivity index is 0.00000152. The van der Waals surface area contributed by atoms with Crippen molar-refractivity contribution < 1.29 is 45.7 Å². The number of hydrogen-bond acceptors (Lipinski definition) is 0. The van der Waals surface area contributed by atoms with Crippen LogP contribution in [-0.2, 0) is 20.9 Å². The zero-order valence-corrected chi connectivity index (χ0v) is 25.7. The van der Waals surface area contributed by atoms with Gasteiger partial charge in [-0.3, -0.25) is 0 Å². The van der Waals surface area contributed by atoms with Crippen molar-refractivity contribution >= 4 is 28.4 Å². The molecule has 0 saturated heterocycles. The number of allylic oxidation sites excluding steroid dienone is 2. The zero-order valence-electron chi connectivity index (χ0n) is 20.5. The van der Waals surface area contributed by atoms with E-state index in [1.807, 2.05) is 0 Å². The van der Waals surface area contributed by atoms with E-state index in [2.05, 4.69) is 135 Å². The Morgan fingerprint density at radius 1 is 0.500 bits per heavy atom. The van der Waals surface area contributed by atoms with Crippen LogP contribution in [0.2, 0.25) is 0 Å². The molecule has 0 amide bonds. The topological polar surface area (TPSA) is 0 Å². The maximum absolute atomic E-state index is 2.49. The third kappa shape index (κ3) is 4.82. The van der Waals surface area contributed by atoms with Gasteiger partial charge in [-0.1, -0.05) is 0 Å². The molecule has 4 aromatic rings. The van der Waals surface area contributed by atoms with Crippen molar-refractivity contribution in [1.29, 1.82) is 0 Å². The monoisotopic (exact) mass is 601 g/mol. The number of benzene rings is 4. The molecule has 0 bridgehead atoms. The SMILES string of the molecule is CC1=Cc2ccccc2[CH]1[Zr+2]([CH]1C(C)=Cc2ccccc21)[SiH](c1ccccc1)c1ccccc1.[Cl-].[Cl-]. The first-order valence-electron chi connectivity index (χ1n) is 12.2. The Morgan fingerprint density at radius 3 is 1.28 bits per heavy atom. The zero-order chi connectivity index (χ0) is 23.1. The minimum Gasteiger partial charge on any atom is -1.00 e. The molecule has 0 nitrogen and oxygen atoms in total. The number of hydrogen-bond donors (Lipinski definition) is 0. The molecule has 0 heterocycles.